The molecule has 0 aliphatic heterocycles. The average Bonchev–Trinajstić information content (AvgIpc) is 2.74. The summed E-state index contributed by atoms with van der Waals surface area (Å²) in [4.78, 5) is 23.5. The average molecular weight is 425 g/mol. The van der Waals surface area contributed by atoms with Crippen LogP contribution in [0, 0.1) is 10.1 Å². The van der Waals surface area contributed by atoms with Gasteiger partial charge in [0, 0.05) is 34.8 Å². The Labute approximate surface area is 179 Å². The minimum Gasteiger partial charge on any atom is -0.494 e. The van der Waals surface area contributed by atoms with Gasteiger partial charge in [-0.25, -0.2) is 0 Å². The van der Waals surface area contributed by atoms with E-state index >= 15 is 0 Å². The molecule has 1 N–H and O–H groups in total. The lowest BCUT2D eigenvalue weighted by molar-refractivity contribution is -0.384. The third-order valence-corrected chi connectivity index (χ3v) is 4.80. The Hall–Kier alpha value is -3.38. The minimum atomic E-state index is -0.448. The van der Waals surface area contributed by atoms with E-state index in [1.807, 2.05) is 31.2 Å². The number of hydrogen-bond acceptors (Lipinski definition) is 5. The number of nitro benzene ring substituents is 1. The maximum absolute atomic E-state index is 12.9. The smallest absolute Gasteiger partial charge is 0.271 e. The van der Waals surface area contributed by atoms with Crippen LogP contribution in [0.2, 0.25) is 5.02 Å². The maximum atomic E-state index is 12.9. The first-order valence-corrected chi connectivity index (χ1v) is 9.86. The van der Waals surface area contributed by atoms with Crippen LogP contribution in [0.3, 0.4) is 0 Å². The Morgan fingerprint density at radius 1 is 1.10 bits per heavy atom. The number of carbonyl (C=O) groups is 1. The fourth-order valence-corrected chi connectivity index (χ4v) is 3.19. The highest BCUT2D eigenvalue weighted by atomic mass is 35.5. The third-order valence-electron chi connectivity index (χ3n) is 4.55. The Morgan fingerprint density at radius 2 is 1.80 bits per heavy atom. The maximum Gasteiger partial charge on any atom is 0.271 e. The standard InChI is InChI=1S/C23H21ClN2O4/c1-2-30-21-12-8-16(9-13-21)22(15-23(27)17-6-10-18(24)11-7-17)25-19-4-3-5-20(14-19)26(28)29/h3-14,22,25H,2,15H2,1H3. The molecule has 0 fully saturated rings. The molecule has 154 valence electrons. The Bertz CT molecular complexity index is 1020. The Morgan fingerprint density at radius 3 is 2.43 bits per heavy atom. The van der Waals surface area contributed by atoms with Crippen molar-refractivity contribution in [3.63, 3.8) is 0 Å². The summed E-state index contributed by atoms with van der Waals surface area (Å²) >= 11 is 5.92. The van der Waals surface area contributed by atoms with Crippen LogP contribution >= 0.6 is 11.6 Å². The quantitative estimate of drug-likeness (QED) is 0.256. The van der Waals surface area contributed by atoms with Gasteiger partial charge in [-0.3, -0.25) is 14.9 Å². The molecule has 1 atom stereocenters. The second-order valence-electron chi connectivity index (χ2n) is 6.64. The topological polar surface area (TPSA) is 81.5 Å². The number of ketones is 1. The van der Waals surface area contributed by atoms with Gasteiger partial charge in [-0.1, -0.05) is 29.8 Å². The largest absolute Gasteiger partial charge is 0.494 e. The first-order valence-electron chi connectivity index (χ1n) is 9.49. The van der Waals surface area contributed by atoms with Crippen molar-refractivity contribution in [1.29, 1.82) is 0 Å². The summed E-state index contributed by atoms with van der Waals surface area (Å²) in [6, 6.07) is 20.0. The first kappa shape index (κ1) is 21.3. The van der Waals surface area contributed by atoms with Crippen molar-refractivity contribution in [2.45, 2.75) is 19.4 Å². The van der Waals surface area contributed by atoms with Crippen LogP contribution in [0.5, 0.6) is 5.75 Å². The third kappa shape index (κ3) is 5.58. The zero-order chi connectivity index (χ0) is 21.5. The number of nitro groups is 1. The number of hydrogen-bond donors (Lipinski definition) is 1. The number of anilines is 1. The Balaban J connectivity index is 1.87. The van der Waals surface area contributed by atoms with Crippen LogP contribution in [0.4, 0.5) is 11.4 Å². The van der Waals surface area contributed by atoms with Crippen molar-refractivity contribution >= 4 is 28.8 Å². The van der Waals surface area contributed by atoms with Crippen LogP contribution in [0.1, 0.15) is 35.3 Å². The van der Waals surface area contributed by atoms with Gasteiger partial charge in [0.15, 0.2) is 5.78 Å². The zero-order valence-corrected chi connectivity index (χ0v) is 17.1. The highest BCUT2D eigenvalue weighted by molar-refractivity contribution is 6.30. The van der Waals surface area contributed by atoms with Gasteiger partial charge in [-0.2, -0.15) is 0 Å². The second kappa shape index (κ2) is 9.89. The number of benzene rings is 3. The van der Waals surface area contributed by atoms with E-state index in [1.54, 1.807) is 36.4 Å². The van der Waals surface area contributed by atoms with Crippen LogP contribution in [0.25, 0.3) is 0 Å². The number of nitrogens with one attached hydrogen (secondary N) is 1. The van der Waals surface area contributed by atoms with E-state index in [1.165, 1.54) is 12.1 Å². The second-order valence-corrected chi connectivity index (χ2v) is 7.08. The van der Waals surface area contributed by atoms with E-state index in [2.05, 4.69) is 5.32 Å². The van der Waals surface area contributed by atoms with E-state index in [4.69, 9.17) is 16.3 Å². The zero-order valence-electron chi connectivity index (χ0n) is 16.4. The van der Waals surface area contributed by atoms with Gasteiger partial charge in [0.25, 0.3) is 5.69 Å². The molecular formula is C23H21ClN2O4. The molecule has 0 aliphatic rings. The van der Waals surface area contributed by atoms with Crippen molar-refractivity contribution in [3.8, 4) is 5.75 Å². The summed E-state index contributed by atoms with van der Waals surface area (Å²) in [6.45, 7) is 2.47. The molecular weight excluding hydrogens is 404 g/mol. The molecule has 3 aromatic carbocycles. The van der Waals surface area contributed by atoms with Crippen LogP contribution in [-0.4, -0.2) is 17.3 Å². The predicted molar refractivity (Wildman–Crippen MR) is 117 cm³/mol. The van der Waals surface area contributed by atoms with Crippen LogP contribution in [0.15, 0.2) is 72.8 Å². The fourth-order valence-electron chi connectivity index (χ4n) is 3.06. The molecule has 0 aromatic heterocycles. The van der Waals surface area contributed by atoms with Crippen molar-refractivity contribution in [3.05, 3.63) is 99.1 Å². The van der Waals surface area contributed by atoms with Gasteiger partial charge in [0.2, 0.25) is 0 Å². The normalized spacial score (nSPS) is 11.5. The minimum absolute atomic E-state index is 0.0190. The molecule has 0 spiro atoms. The van der Waals surface area contributed by atoms with E-state index in [9.17, 15) is 14.9 Å². The van der Waals surface area contributed by atoms with E-state index in [0.717, 1.165) is 11.3 Å². The van der Waals surface area contributed by atoms with Gasteiger partial charge >= 0.3 is 0 Å². The SMILES string of the molecule is CCOc1ccc(C(CC(=O)c2ccc(Cl)cc2)Nc2cccc([N+](=O)[O-])c2)cc1. The Kier molecular flexibility index (Phi) is 7.03. The highest BCUT2D eigenvalue weighted by Crippen LogP contribution is 2.28. The molecule has 30 heavy (non-hydrogen) atoms. The summed E-state index contributed by atoms with van der Waals surface area (Å²) in [6.07, 6.45) is 0.165. The number of non-ortho nitro benzene ring substituents is 1. The van der Waals surface area contributed by atoms with E-state index in [-0.39, 0.29) is 23.9 Å². The molecule has 7 heteroatoms. The summed E-state index contributed by atoms with van der Waals surface area (Å²) in [5.74, 6) is 0.669. The molecule has 3 rings (SSSR count). The first-order chi connectivity index (χ1) is 14.5. The highest BCUT2D eigenvalue weighted by Gasteiger charge is 2.19. The molecule has 3 aromatic rings. The van der Waals surface area contributed by atoms with Gasteiger partial charge < -0.3 is 10.1 Å². The molecule has 0 radical (unpaired) electrons. The number of rotatable bonds is 9. The van der Waals surface area contributed by atoms with Gasteiger partial charge in [0.1, 0.15) is 5.75 Å². The van der Waals surface area contributed by atoms with Gasteiger partial charge in [0.05, 0.1) is 17.6 Å². The van der Waals surface area contributed by atoms with Crippen molar-refractivity contribution < 1.29 is 14.5 Å². The lowest BCUT2D eigenvalue weighted by atomic mass is 9.97. The van der Waals surface area contributed by atoms with Crippen molar-refractivity contribution in [1.82, 2.24) is 0 Å². The van der Waals surface area contributed by atoms with E-state index < -0.39 is 4.92 Å². The monoisotopic (exact) mass is 424 g/mol. The number of ether oxygens (including phenoxy) is 1. The number of Topliss-reactive ketones (excluding diaryl/α,β-unsaturated/α-hetero) is 1. The molecule has 0 saturated carbocycles. The molecule has 6 nitrogen and oxygen atoms in total. The molecule has 0 aliphatic carbocycles. The van der Waals surface area contributed by atoms with E-state index in [0.29, 0.717) is 22.9 Å². The van der Waals surface area contributed by atoms with Crippen LogP contribution in [-0.2, 0) is 0 Å². The molecule has 0 saturated heterocycles. The molecule has 1 unspecified atom stereocenters. The lowest BCUT2D eigenvalue weighted by Gasteiger charge is -2.20. The van der Waals surface area contributed by atoms with Crippen molar-refractivity contribution in [2.24, 2.45) is 0 Å². The molecule has 0 bridgehead atoms. The lowest BCUT2D eigenvalue weighted by Crippen LogP contribution is -2.16. The predicted octanol–water partition coefficient (Wildman–Crippen LogP) is 6.07. The summed E-state index contributed by atoms with van der Waals surface area (Å²) in [5.41, 5.74) is 1.96. The fraction of sp³-hybridized carbons (Fsp3) is 0.174. The molecule has 0 amide bonds. The van der Waals surface area contributed by atoms with Crippen molar-refractivity contribution in [2.75, 3.05) is 11.9 Å². The number of halogens is 1. The van der Waals surface area contributed by atoms with Gasteiger partial charge in [-0.15, -0.1) is 0 Å². The van der Waals surface area contributed by atoms with Crippen LogP contribution < -0.4 is 10.1 Å². The van der Waals surface area contributed by atoms with Gasteiger partial charge in [-0.05, 0) is 55.0 Å². The molecule has 0 heterocycles. The summed E-state index contributed by atoms with van der Waals surface area (Å²) < 4.78 is 5.49. The summed E-state index contributed by atoms with van der Waals surface area (Å²) in [5, 5.41) is 14.9. The number of nitrogens with zero attached hydrogens (tertiary/aromatic N) is 1. The summed E-state index contributed by atoms with van der Waals surface area (Å²) in [7, 11) is 0. The number of carbonyl (C=O) groups excluding carboxylic acids is 1.